The smallest absolute Gasteiger partial charge is 0.122 e. The van der Waals surface area contributed by atoms with Gasteiger partial charge in [-0.1, -0.05) is 19.1 Å². The number of halogens is 1. The molecular weight excluding hydrogens is 240 g/mol. The predicted molar refractivity (Wildman–Crippen MR) is 62.1 cm³/mol. The summed E-state index contributed by atoms with van der Waals surface area (Å²) < 4.78 is 0.981. The van der Waals surface area contributed by atoms with E-state index in [0.717, 1.165) is 16.6 Å². The Kier molecular flexibility index (Phi) is 3.54. The quantitative estimate of drug-likeness (QED) is 0.894. The van der Waals surface area contributed by atoms with Gasteiger partial charge >= 0.3 is 0 Å². The third kappa shape index (κ3) is 2.49. The lowest BCUT2D eigenvalue weighted by atomic mass is 10.0. The Balaban J connectivity index is 2.89. The van der Waals surface area contributed by atoms with E-state index in [4.69, 9.17) is 5.26 Å². The Morgan fingerprint density at radius 1 is 1.50 bits per heavy atom. The Labute approximate surface area is 93.1 Å². The molecule has 3 heteroatoms. The van der Waals surface area contributed by atoms with E-state index in [0.29, 0.717) is 0 Å². The molecule has 0 saturated carbocycles. The van der Waals surface area contributed by atoms with Gasteiger partial charge in [-0.25, -0.2) is 0 Å². The van der Waals surface area contributed by atoms with Gasteiger partial charge < -0.3 is 5.32 Å². The first-order valence-corrected chi connectivity index (χ1v) is 5.34. The van der Waals surface area contributed by atoms with E-state index in [1.54, 1.807) is 0 Å². The highest BCUT2D eigenvalue weighted by molar-refractivity contribution is 9.10. The van der Waals surface area contributed by atoms with Gasteiger partial charge in [-0.05, 0) is 41.4 Å². The van der Waals surface area contributed by atoms with Gasteiger partial charge in [0.05, 0.1) is 6.07 Å². The van der Waals surface area contributed by atoms with Crippen molar-refractivity contribution >= 4 is 21.6 Å². The van der Waals surface area contributed by atoms with E-state index >= 15 is 0 Å². The minimum Gasteiger partial charge on any atom is -0.367 e. The van der Waals surface area contributed by atoms with Crippen molar-refractivity contribution in [2.24, 2.45) is 0 Å². The van der Waals surface area contributed by atoms with Crippen LogP contribution in [0.5, 0.6) is 0 Å². The third-order valence-electron chi connectivity index (χ3n) is 2.24. The molecule has 0 saturated heterocycles. The average molecular weight is 253 g/mol. The van der Waals surface area contributed by atoms with E-state index in [2.05, 4.69) is 27.3 Å². The summed E-state index contributed by atoms with van der Waals surface area (Å²) >= 11 is 3.44. The van der Waals surface area contributed by atoms with E-state index in [-0.39, 0.29) is 0 Å². The van der Waals surface area contributed by atoms with E-state index < -0.39 is 5.54 Å². The van der Waals surface area contributed by atoms with Gasteiger partial charge in [0, 0.05) is 10.2 Å². The van der Waals surface area contributed by atoms with Crippen LogP contribution in [0.3, 0.4) is 0 Å². The number of anilines is 1. The first-order valence-electron chi connectivity index (χ1n) is 4.55. The van der Waals surface area contributed by atoms with Crippen LogP contribution in [0.4, 0.5) is 5.69 Å². The summed E-state index contributed by atoms with van der Waals surface area (Å²) in [6, 6.07) is 10.1. The fourth-order valence-corrected chi connectivity index (χ4v) is 1.44. The summed E-state index contributed by atoms with van der Waals surface area (Å²) in [6.45, 7) is 3.89. The molecule has 14 heavy (non-hydrogen) atoms. The largest absolute Gasteiger partial charge is 0.367 e. The normalized spacial score (nSPS) is 14.1. The monoisotopic (exact) mass is 252 g/mol. The van der Waals surface area contributed by atoms with Gasteiger partial charge in [0.15, 0.2) is 0 Å². The first kappa shape index (κ1) is 11.1. The average Bonchev–Trinajstić information content (AvgIpc) is 2.21. The van der Waals surface area contributed by atoms with Crippen molar-refractivity contribution in [2.45, 2.75) is 25.8 Å². The standard InChI is InChI=1S/C11H13BrN2/c1-3-11(2,8-13)14-10-7-5-4-6-9(10)12/h4-7,14H,3H2,1-2H3. The van der Waals surface area contributed by atoms with Gasteiger partial charge in [-0.2, -0.15) is 5.26 Å². The molecular formula is C11H13BrN2. The number of nitriles is 1. The first-order chi connectivity index (χ1) is 6.61. The lowest BCUT2D eigenvalue weighted by Gasteiger charge is -2.23. The second kappa shape index (κ2) is 4.47. The van der Waals surface area contributed by atoms with Crippen LogP contribution in [-0.4, -0.2) is 5.54 Å². The fourth-order valence-electron chi connectivity index (χ4n) is 1.06. The molecule has 1 atom stereocenters. The molecule has 74 valence electrons. The Bertz CT molecular complexity index is 357. The number of hydrogen-bond donors (Lipinski definition) is 1. The molecule has 1 aromatic rings. The van der Waals surface area contributed by atoms with E-state index in [1.165, 1.54) is 0 Å². The summed E-state index contributed by atoms with van der Waals surface area (Å²) in [5, 5.41) is 12.2. The number of rotatable bonds is 3. The molecule has 0 radical (unpaired) electrons. The maximum Gasteiger partial charge on any atom is 0.122 e. The second-order valence-electron chi connectivity index (χ2n) is 3.40. The van der Waals surface area contributed by atoms with Crippen molar-refractivity contribution in [3.05, 3.63) is 28.7 Å². The number of hydrogen-bond acceptors (Lipinski definition) is 2. The molecule has 0 bridgehead atoms. The molecule has 0 aliphatic heterocycles. The zero-order valence-electron chi connectivity index (χ0n) is 8.34. The zero-order chi connectivity index (χ0) is 10.6. The van der Waals surface area contributed by atoms with Crippen LogP contribution in [-0.2, 0) is 0 Å². The van der Waals surface area contributed by atoms with E-state index in [9.17, 15) is 0 Å². The highest BCUT2D eigenvalue weighted by atomic mass is 79.9. The van der Waals surface area contributed by atoms with Crippen LogP contribution >= 0.6 is 15.9 Å². The van der Waals surface area contributed by atoms with Crippen LogP contribution in [0.2, 0.25) is 0 Å². The minimum absolute atomic E-state index is 0.496. The highest BCUT2D eigenvalue weighted by Gasteiger charge is 2.21. The van der Waals surface area contributed by atoms with Crippen LogP contribution < -0.4 is 5.32 Å². The summed E-state index contributed by atoms with van der Waals surface area (Å²) in [7, 11) is 0. The topological polar surface area (TPSA) is 35.8 Å². The molecule has 1 rings (SSSR count). The Morgan fingerprint density at radius 2 is 2.14 bits per heavy atom. The zero-order valence-corrected chi connectivity index (χ0v) is 9.93. The maximum atomic E-state index is 9.01. The minimum atomic E-state index is -0.496. The van der Waals surface area contributed by atoms with Crippen LogP contribution in [0.1, 0.15) is 20.3 Å². The molecule has 2 nitrogen and oxygen atoms in total. The molecule has 0 aliphatic rings. The predicted octanol–water partition coefficient (Wildman–Crippen LogP) is 3.55. The summed E-state index contributed by atoms with van der Waals surface area (Å²) in [5.74, 6) is 0. The van der Waals surface area contributed by atoms with Crippen molar-refractivity contribution in [1.82, 2.24) is 0 Å². The Hall–Kier alpha value is -1.01. The van der Waals surface area contributed by atoms with Gasteiger partial charge in [-0.15, -0.1) is 0 Å². The summed E-state index contributed by atoms with van der Waals surface area (Å²) in [6.07, 6.45) is 0.769. The van der Waals surface area contributed by atoms with Crippen LogP contribution in [0.25, 0.3) is 0 Å². The number of nitrogens with one attached hydrogen (secondary N) is 1. The number of para-hydroxylation sites is 1. The molecule has 0 fully saturated rings. The molecule has 0 aromatic heterocycles. The third-order valence-corrected chi connectivity index (χ3v) is 2.93. The number of benzene rings is 1. The molecule has 1 unspecified atom stereocenters. The van der Waals surface area contributed by atoms with Crippen molar-refractivity contribution in [2.75, 3.05) is 5.32 Å². The summed E-state index contributed by atoms with van der Waals surface area (Å²) in [5.41, 5.74) is 0.461. The van der Waals surface area contributed by atoms with Gasteiger partial charge in [0.25, 0.3) is 0 Å². The maximum absolute atomic E-state index is 9.01. The Morgan fingerprint density at radius 3 is 2.64 bits per heavy atom. The molecule has 0 aliphatic carbocycles. The van der Waals surface area contributed by atoms with Crippen molar-refractivity contribution < 1.29 is 0 Å². The van der Waals surface area contributed by atoms with Gasteiger partial charge in [0.2, 0.25) is 0 Å². The van der Waals surface area contributed by atoms with Crippen molar-refractivity contribution in [1.29, 1.82) is 5.26 Å². The van der Waals surface area contributed by atoms with Crippen LogP contribution in [0, 0.1) is 11.3 Å². The molecule has 0 heterocycles. The molecule has 0 amide bonds. The van der Waals surface area contributed by atoms with Crippen molar-refractivity contribution in [3.63, 3.8) is 0 Å². The van der Waals surface area contributed by atoms with Gasteiger partial charge in [0.1, 0.15) is 5.54 Å². The SMILES string of the molecule is CCC(C)(C#N)Nc1ccccc1Br. The molecule has 1 aromatic carbocycles. The lowest BCUT2D eigenvalue weighted by molar-refractivity contribution is 0.626. The van der Waals surface area contributed by atoms with Gasteiger partial charge in [-0.3, -0.25) is 0 Å². The molecule has 0 spiro atoms. The summed E-state index contributed by atoms with van der Waals surface area (Å²) in [4.78, 5) is 0. The lowest BCUT2D eigenvalue weighted by Crippen LogP contribution is -2.31. The highest BCUT2D eigenvalue weighted by Crippen LogP contribution is 2.25. The number of nitrogens with zero attached hydrogens (tertiary/aromatic N) is 1. The molecule has 1 N–H and O–H groups in total. The second-order valence-corrected chi connectivity index (χ2v) is 4.26. The fraction of sp³-hybridized carbons (Fsp3) is 0.364. The van der Waals surface area contributed by atoms with Crippen molar-refractivity contribution in [3.8, 4) is 6.07 Å². The van der Waals surface area contributed by atoms with E-state index in [1.807, 2.05) is 38.1 Å². The van der Waals surface area contributed by atoms with Crippen LogP contribution in [0.15, 0.2) is 28.7 Å².